The van der Waals surface area contributed by atoms with Crippen LogP contribution in [0.5, 0.6) is 0 Å². The molecule has 0 unspecified atom stereocenters. The van der Waals surface area contributed by atoms with Gasteiger partial charge in [0.05, 0.1) is 5.92 Å². The van der Waals surface area contributed by atoms with Gasteiger partial charge in [-0.1, -0.05) is 61.4 Å². The van der Waals surface area contributed by atoms with Crippen LogP contribution in [-0.2, 0) is 11.2 Å². The molecule has 0 saturated carbocycles. The summed E-state index contributed by atoms with van der Waals surface area (Å²) >= 11 is 0. The standard InChI is InChI=1S/C21H28N2O/c1-23(2)20-16-10-9-14-18(20)13-7-4-8-15-19(21(22)24)17-11-5-3-6-12-17/h3,5-6,9-12,14,16,19H,4,7-8,13,15H2,1-2H3,(H2,22,24)/t19-/m1/s1. The molecule has 1 atom stereocenters. The quantitative estimate of drug-likeness (QED) is 0.705. The van der Waals surface area contributed by atoms with Crippen LogP contribution in [0, 0.1) is 0 Å². The van der Waals surface area contributed by atoms with E-state index in [9.17, 15) is 4.79 Å². The van der Waals surface area contributed by atoms with Crippen LogP contribution in [0.2, 0.25) is 0 Å². The molecule has 1 amide bonds. The highest BCUT2D eigenvalue weighted by molar-refractivity contribution is 5.81. The first-order valence-corrected chi connectivity index (χ1v) is 8.69. The number of para-hydroxylation sites is 1. The maximum atomic E-state index is 11.7. The van der Waals surface area contributed by atoms with Gasteiger partial charge < -0.3 is 10.6 Å². The van der Waals surface area contributed by atoms with Crippen molar-refractivity contribution in [2.24, 2.45) is 5.73 Å². The molecule has 0 aliphatic heterocycles. The highest BCUT2D eigenvalue weighted by Gasteiger charge is 2.16. The SMILES string of the molecule is CN(C)c1ccccc1CCCCC[C@@H](C(N)=O)c1ccccc1. The smallest absolute Gasteiger partial charge is 0.224 e. The molecule has 2 rings (SSSR count). The molecule has 2 aromatic carbocycles. The van der Waals surface area contributed by atoms with Crippen molar-refractivity contribution in [3.63, 3.8) is 0 Å². The van der Waals surface area contributed by atoms with Gasteiger partial charge in [-0.3, -0.25) is 4.79 Å². The Morgan fingerprint density at radius 3 is 2.29 bits per heavy atom. The lowest BCUT2D eigenvalue weighted by molar-refractivity contribution is -0.119. The number of unbranched alkanes of at least 4 members (excludes halogenated alkanes) is 2. The third-order valence-electron chi connectivity index (χ3n) is 4.46. The van der Waals surface area contributed by atoms with Crippen LogP contribution in [0.25, 0.3) is 0 Å². The van der Waals surface area contributed by atoms with Crippen molar-refractivity contribution in [3.8, 4) is 0 Å². The van der Waals surface area contributed by atoms with Gasteiger partial charge in [0.2, 0.25) is 5.91 Å². The summed E-state index contributed by atoms with van der Waals surface area (Å²) in [6.45, 7) is 0. The van der Waals surface area contributed by atoms with E-state index in [1.165, 1.54) is 11.3 Å². The number of carbonyl (C=O) groups is 1. The zero-order valence-electron chi connectivity index (χ0n) is 14.7. The van der Waals surface area contributed by atoms with Crippen molar-refractivity contribution >= 4 is 11.6 Å². The maximum absolute atomic E-state index is 11.7. The number of hydrogen-bond acceptors (Lipinski definition) is 2. The predicted molar refractivity (Wildman–Crippen MR) is 101 cm³/mol. The normalized spacial score (nSPS) is 11.9. The molecule has 0 aromatic heterocycles. The molecule has 0 bridgehead atoms. The average molecular weight is 324 g/mol. The summed E-state index contributed by atoms with van der Waals surface area (Å²) in [4.78, 5) is 13.9. The summed E-state index contributed by atoms with van der Waals surface area (Å²) in [6, 6.07) is 18.4. The van der Waals surface area contributed by atoms with E-state index in [1.54, 1.807) is 0 Å². The fourth-order valence-corrected chi connectivity index (χ4v) is 3.16. The lowest BCUT2D eigenvalue weighted by Crippen LogP contribution is -2.21. The van der Waals surface area contributed by atoms with Gasteiger partial charge in [-0.2, -0.15) is 0 Å². The Kier molecular flexibility index (Phi) is 6.86. The summed E-state index contributed by atoms with van der Waals surface area (Å²) < 4.78 is 0. The first-order chi connectivity index (χ1) is 11.6. The van der Waals surface area contributed by atoms with Crippen LogP contribution in [-0.4, -0.2) is 20.0 Å². The van der Waals surface area contributed by atoms with E-state index in [0.717, 1.165) is 37.7 Å². The molecular formula is C21H28N2O. The number of anilines is 1. The van der Waals surface area contributed by atoms with E-state index in [0.29, 0.717) is 0 Å². The van der Waals surface area contributed by atoms with Crippen molar-refractivity contribution in [1.29, 1.82) is 0 Å². The molecule has 0 aliphatic rings. The van der Waals surface area contributed by atoms with Gasteiger partial charge in [-0.05, 0) is 36.5 Å². The number of hydrogen-bond donors (Lipinski definition) is 1. The summed E-state index contributed by atoms with van der Waals surface area (Å²) in [5.41, 5.74) is 9.29. The highest BCUT2D eigenvalue weighted by atomic mass is 16.1. The molecule has 128 valence electrons. The molecule has 0 radical (unpaired) electrons. The highest BCUT2D eigenvalue weighted by Crippen LogP contribution is 2.24. The summed E-state index contributed by atoms with van der Waals surface area (Å²) in [5.74, 6) is -0.389. The molecular weight excluding hydrogens is 296 g/mol. The Bertz CT molecular complexity index is 637. The van der Waals surface area contributed by atoms with Gasteiger partial charge in [0.25, 0.3) is 0 Å². The minimum atomic E-state index is -0.223. The minimum absolute atomic E-state index is 0.166. The summed E-state index contributed by atoms with van der Waals surface area (Å²) in [5, 5.41) is 0. The molecule has 0 spiro atoms. The summed E-state index contributed by atoms with van der Waals surface area (Å²) in [7, 11) is 4.16. The van der Waals surface area contributed by atoms with E-state index in [4.69, 9.17) is 5.73 Å². The molecule has 0 fully saturated rings. The lowest BCUT2D eigenvalue weighted by Gasteiger charge is -2.17. The number of amides is 1. The van der Waals surface area contributed by atoms with E-state index in [-0.39, 0.29) is 11.8 Å². The number of nitrogens with two attached hydrogens (primary N) is 1. The van der Waals surface area contributed by atoms with Gasteiger partial charge in [-0.15, -0.1) is 0 Å². The Morgan fingerprint density at radius 2 is 1.62 bits per heavy atom. The van der Waals surface area contributed by atoms with E-state index >= 15 is 0 Å². The van der Waals surface area contributed by atoms with Crippen molar-refractivity contribution in [1.82, 2.24) is 0 Å². The second-order valence-electron chi connectivity index (χ2n) is 6.49. The van der Waals surface area contributed by atoms with Crippen LogP contribution >= 0.6 is 0 Å². The van der Waals surface area contributed by atoms with Gasteiger partial charge >= 0.3 is 0 Å². The Labute approximate surface area is 145 Å². The van der Waals surface area contributed by atoms with Crippen molar-refractivity contribution in [2.75, 3.05) is 19.0 Å². The largest absolute Gasteiger partial charge is 0.377 e. The third kappa shape index (κ3) is 5.12. The summed E-state index contributed by atoms with van der Waals surface area (Å²) in [6.07, 6.45) is 5.16. The molecule has 2 N–H and O–H groups in total. The van der Waals surface area contributed by atoms with Crippen LogP contribution < -0.4 is 10.6 Å². The molecule has 2 aromatic rings. The molecule has 24 heavy (non-hydrogen) atoms. The van der Waals surface area contributed by atoms with Gasteiger partial charge in [0.15, 0.2) is 0 Å². The number of primary amides is 1. The predicted octanol–water partition coefficient (Wildman–Crippen LogP) is 4.12. The van der Waals surface area contributed by atoms with E-state index in [2.05, 4.69) is 43.3 Å². The van der Waals surface area contributed by atoms with Crippen molar-refractivity contribution in [2.45, 2.75) is 38.0 Å². The second kappa shape index (κ2) is 9.11. The first-order valence-electron chi connectivity index (χ1n) is 8.69. The fraction of sp³-hybridized carbons (Fsp3) is 0.381. The van der Waals surface area contributed by atoms with Gasteiger partial charge in [-0.25, -0.2) is 0 Å². The van der Waals surface area contributed by atoms with Gasteiger partial charge in [0, 0.05) is 19.8 Å². The second-order valence-corrected chi connectivity index (χ2v) is 6.49. The van der Waals surface area contributed by atoms with Crippen LogP contribution in [0.4, 0.5) is 5.69 Å². The molecule has 0 aliphatic carbocycles. The van der Waals surface area contributed by atoms with Crippen molar-refractivity contribution < 1.29 is 4.79 Å². The van der Waals surface area contributed by atoms with Gasteiger partial charge in [0.1, 0.15) is 0 Å². The minimum Gasteiger partial charge on any atom is -0.377 e. The molecule has 0 heterocycles. The van der Waals surface area contributed by atoms with E-state index < -0.39 is 0 Å². The number of aryl methyl sites for hydroxylation is 1. The molecule has 3 heteroatoms. The van der Waals surface area contributed by atoms with Crippen molar-refractivity contribution in [3.05, 3.63) is 65.7 Å². The Morgan fingerprint density at radius 1 is 0.958 bits per heavy atom. The molecule has 3 nitrogen and oxygen atoms in total. The monoisotopic (exact) mass is 324 g/mol. The zero-order chi connectivity index (χ0) is 17.4. The Hall–Kier alpha value is -2.29. The third-order valence-corrected chi connectivity index (χ3v) is 4.46. The van der Waals surface area contributed by atoms with Crippen LogP contribution in [0.1, 0.15) is 42.7 Å². The number of rotatable bonds is 9. The van der Waals surface area contributed by atoms with Crippen LogP contribution in [0.3, 0.4) is 0 Å². The number of carbonyl (C=O) groups excluding carboxylic acids is 1. The molecule has 0 saturated heterocycles. The number of nitrogens with zero attached hydrogens (tertiary/aromatic N) is 1. The average Bonchev–Trinajstić information content (AvgIpc) is 2.58. The topological polar surface area (TPSA) is 46.3 Å². The lowest BCUT2D eigenvalue weighted by atomic mass is 9.92. The number of benzene rings is 2. The fourth-order valence-electron chi connectivity index (χ4n) is 3.16. The zero-order valence-corrected chi connectivity index (χ0v) is 14.7. The van der Waals surface area contributed by atoms with E-state index in [1.807, 2.05) is 30.3 Å². The Balaban J connectivity index is 1.81. The maximum Gasteiger partial charge on any atom is 0.224 e. The van der Waals surface area contributed by atoms with Crippen LogP contribution in [0.15, 0.2) is 54.6 Å². The first kappa shape index (κ1) is 18.1.